The van der Waals surface area contributed by atoms with Gasteiger partial charge in [-0.05, 0) is 57.7 Å². The van der Waals surface area contributed by atoms with Gasteiger partial charge in [0.1, 0.15) is 11.8 Å². The summed E-state index contributed by atoms with van der Waals surface area (Å²) in [7, 11) is 2.07. The molecule has 2 heterocycles. The third kappa shape index (κ3) is 3.64. The van der Waals surface area contributed by atoms with Crippen molar-refractivity contribution in [3.63, 3.8) is 0 Å². The van der Waals surface area contributed by atoms with Crippen LogP contribution in [0, 0.1) is 11.3 Å². The van der Waals surface area contributed by atoms with Crippen molar-refractivity contribution in [3.8, 4) is 6.07 Å². The van der Waals surface area contributed by atoms with Gasteiger partial charge in [-0.3, -0.25) is 4.90 Å². The van der Waals surface area contributed by atoms with E-state index in [0.717, 1.165) is 22.4 Å². The Balaban J connectivity index is 1.98. The Kier molecular flexibility index (Phi) is 4.48. The van der Waals surface area contributed by atoms with Crippen LogP contribution in [-0.2, 0) is 13.1 Å². The van der Waals surface area contributed by atoms with Crippen molar-refractivity contribution in [2.45, 2.75) is 13.1 Å². The molecule has 0 amide bonds. The maximum atomic E-state index is 8.80. The summed E-state index contributed by atoms with van der Waals surface area (Å²) in [6, 6.07) is 7.97. The van der Waals surface area contributed by atoms with Gasteiger partial charge in [-0.2, -0.15) is 5.26 Å². The van der Waals surface area contributed by atoms with Crippen LogP contribution < -0.4 is 0 Å². The van der Waals surface area contributed by atoms with E-state index in [9.17, 15) is 0 Å². The van der Waals surface area contributed by atoms with Crippen molar-refractivity contribution in [3.05, 3.63) is 50.4 Å². The standard InChI is InChI=1S/C13H12BrN3S/c1-17(8-11-5-13(14)18-9-11)7-10-2-3-16-12(4-10)6-15/h2-5,9H,7-8H2,1H3. The summed E-state index contributed by atoms with van der Waals surface area (Å²) >= 11 is 5.16. The maximum Gasteiger partial charge on any atom is 0.140 e. The first kappa shape index (κ1) is 13.2. The fraction of sp³-hybridized carbons (Fsp3) is 0.231. The van der Waals surface area contributed by atoms with Gasteiger partial charge < -0.3 is 0 Å². The zero-order valence-electron chi connectivity index (χ0n) is 9.93. The number of nitrogens with zero attached hydrogens (tertiary/aromatic N) is 3. The number of halogens is 1. The van der Waals surface area contributed by atoms with Gasteiger partial charge in [0.2, 0.25) is 0 Å². The highest BCUT2D eigenvalue weighted by molar-refractivity contribution is 9.11. The highest BCUT2D eigenvalue weighted by atomic mass is 79.9. The topological polar surface area (TPSA) is 39.9 Å². The van der Waals surface area contributed by atoms with Crippen molar-refractivity contribution in [1.82, 2.24) is 9.88 Å². The summed E-state index contributed by atoms with van der Waals surface area (Å²) in [5.74, 6) is 0. The highest BCUT2D eigenvalue weighted by Crippen LogP contribution is 2.21. The molecule has 0 unspecified atom stereocenters. The summed E-state index contributed by atoms with van der Waals surface area (Å²) < 4.78 is 1.15. The zero-order valence-corrected chi connectivity index (χ0v) is 12.3. The average molecular weight is 322 g/mol. The first-order chi connectivity index (χ1) is 8.67. The molecule has 0 N–H and O–H groups in total. The van der Waals surface area contributed by atoms with E-state index in [1.54, 1.807) is 17.5 Å². The molecule has 0 aliphatic rings. The molecule has 92 valence electrons. The minimum absolute atomic E-state index is 0.471. The Morgan fingerprint density at radius 1 is 1.39 bits per heavy atom. The van der Waals surface area contributed by atoms with Crippen LogP contribution in [0.2, 0.25) is 0 Å². The van der Waals surface area contributed by atoms with Gasteiger partial charge in [0.25, 0.3) is 0 Å². The number of nitriles is 1. The molecule has 2 rings (SSSR count). The molecule has 0 aliphatic carbocycles. The van der Waals surface area contributed by atoms with Crippen LogP contribution in [0.5, 0.6) is 0 Å². The van der Waals surface area contributed by atoms with Gasteiger partial charge in [0.05, 0.1) is 3.79 Å². The van der Waals surface area contributed by atoms with E-state index in [-0.39, 0.29) is 0 Å². The number of thiophene rings is 1. The van der Waals surface area contributed by atoms with E-state index < -0.39 is 0 Å². The van der Waals surface area contributed by atoms with Gasteiger partial charge in [-0.15, -0.1) is 11.3 Å². The van der Waals surface area contributed by atoms with Crippen molar-refractivity contribution >= 4 is 27.3 Å². The second kappa shape index (κ2) is 6.10. The molecule has 0 saturated heterocycles. The van der Waals surface area contributed by atoms with Crippen LogP contribution in [0.25, 0.3) is 0 Å². The molecular formula is C13H12BrN3S. The van der Waals surface area contributed by atoms with E-state index >= 15 is 0 Å². The van der Waals surface area contributed by atoms with E-state index in [1.807, 2.05) is 12.1 Å². The fourth-order valence-corrected chi connectivity index (χ4v) is 2.94. The fourth-order valence-electron chi connectivity index (χ4n) is 1.74. The molecule has 0 atom stereocenters. The molecule has 0 aromatic carbocycles. The van der Waals surface area contributed by atoms with Gasteiger partial charge in [0.15, 0.2) is 0 Å². The number of rotatable bonds is 4. The quantitative estimate of drug-likeness (QED) is 0.866. The molecule has 3 nitrogen and oxygen atoms in total. The predicted molar refractivity (Wildman–Crippen MR) is 76.1 cm³/mol. The maximum absolute atomic E-state index is 8.80. The molecule has 0 bridgehead atoms. The van der Waals surface area contributed by atoms with Gasteiger partial charge >= 0.3 is 0 Å². The minimum atomic E-state index is 0.471. The molecule has 0 fully saturated rings. The van der Waals surface area contributed by atoms with Crippen molar-refractivity contribution in [2.75, 3.05) is 7.05 Å². The summed E-state index contributed by atoms with van der Waals surface area (Å²) in [6.07, 6.45) is 1.68. The Bertz CT molecular complexity index is 574. The first-order valence-corrected chi connectivity index (χ1v) is 7.11. The molecule has 0 radical (unpaired) electrons. The lowest BCUT2D eigenvalue weighted by Crippen LogP contribution is -2.16. The smallest absolute Gasteiger partial charge is 0.140 e. The zero-order chi connectivity index (χ0) is 13.0. The highest BCUT2D eigenvalue weighted by Gasteiger charge is 2.04. The third-order valence-corrected chi connectivity index (χ3v) is 4.02. The summed E-state index contributed by atoms with van der Waals surface area (Å²) in [6.45, 7) is 1.71. The van der Waals surface area contributed by atoms with Crippen molar-refractivity contribution in [2.24, 2.45) is 0 Å². The lowest BCUT2D eigenvalue weighted by Gasteiger charge is -2.15. The second-order valence-electron chi connectivity index (χ2n) is 4.09. The van der Waals surface area contributed by atoms with Crippen LogP contribution in [0.1, 0.15) is 16.8 Å². The number of pyridine rings is 1. The summed E-state index contributed by atoms with van der Waals surface area (Å²) in [5, 5.41) is 11.0. The largest absolute Gasteiger partial charge is 0.298 e. The number of hydrogen-bond donors (Lipinski definition) is 0. The molecular weight excluding hydrogens is 310 g/mol. The molecule has 2 aromatic heterocycles. The van der Waals surface area contributed by atoms with Crippen LogP contribution in [0.15, 0.2) is 33.6 Å². The normalized spacial score (nSPS) is 10.6. The van der Waals surface area contributed by atoms with Crippen LogP contribution >= 0.6 is 27.3 Å². The third-order valence-electron chi connectivity index (χ3n) is 2.47. The van der Waals surface area contributed by atoms with Crippen LogP contribution in [-0.4, -0.2) is 16.9 Å². The van der Waals surface area contributed by atoms with Gasteiger partial charge in [-0.1, -0.05) is 0 Å². The minimum Gasteiger partial charge on any atom is -0.298 e. The van der Waals surface area contributed by atoms with Crippen molar-refractivity contribution < 1.29 is 0 Å². The summed E-state index contributed by atoms with van der Waals surface area (Å²) in [5.41, 5.74) is 2.88. The monoisotopic (exact) mass is 321 g/mol. The van der Waals surface area contributed by atoms with E-state index in [0.29, 0.717) is 5.69 Å². The molecule has 0 aliphatic heterocycles. The van der Waals surface area contributed by atoms with Gasteiger partial charge in [-0.25, -0.2) is 4.98 Å². The average Bonchev–Trinajstić information content (AvgIpc) is 2.74. The molecule has 5 heteroatoms. The predicted octanol–water partition coefficient (Wildman–Crippen LogP) is 3.41. The lowest BCUT2D eigenvalue weighted by molar-refractivity contribution is 0.319. The summed E-state index contributed by atoms with van der Waals surface area (Å²) in [4.78, 5) is 6.18. The number of hydrogen-bond acceptors (Lipinski definition) is 4. The lowest BCUT2D eigenvalue weighted by atomic mass is 10.2. The van der Waals surface area contributed by atoms with Crippen LogP contribution in [0.4, 0.5) is 0 Å². The van der Waals surface area contributed by atoms with E-state index in [4.69, 9.17) is 5.26 Å². The van der Waals surface area contributed by atoms with Crippen LogP contribution in [0.3, 0.4) is 0 Å². The first-order valence-electron chi connectivity index (χ1n) is 5.44. The Hall–Kier alpha value is -1.22. The SMILES string of the molecule is CN(Cc1ccnc(C#N)c1)Cc1csc(Br)c1. The molecule has 18 heavy (non-hydrogen) atoms. The number of aromatic nitrogens is 1. The van der Waals surface area contributed by atoms with Gasteiger partial charge in [0, 0.05) is 19.3 Å². The molecule has 0 spiro atoms. The Morgan fingerprint density at radius 3 is 2.83 bits per heavy atom. The Labute approximate surface area is 119 Å². The molecule has 0 saturated carbocycles. The second-order valence-corrected chi connectivity index (χ2v) is 6.38. The van der Waals surface area contributed by atoms with E-state index in [1.165, 1.54) is 5.56 Å². The van der Waals surface area contributed by atoms with Crippen molar-refractivity contribution in [1.29, 1.82) is 5.26 Å². The molecule has 2 aromatic rings. The Morgan fingerprint density at radius 2 is 2.17 bits per heavy atom. The van der Waals surface area contributed by atoms with E-state index in [2.05, 4.69) is 50.4 Å².